The largest absolute Gasteiger partial charge is 0.460 e. The molecule has 0 amide bonds. The minimum atomic E-state index is -0.441. The SMILES string of the molecule is CCCc1c(-c2nc(-c3ccc(CN4CC(C(=O)OC(C)(C)C)C4)cc3)no2)noc1CC(C)C. The van der Waals surface area contributed by atoms with E-state index >= 15 is 0 Å². The maximum Gasteiger partial charge on any atom is 0.312 e. The van der Waals surface area contributed by atoms with Crippen LogP contribution in [0.25, 0.3) is 23.0 Å². The minimum absolute atomic E-state index is 0.0403. The third kappa shape index (κ3) is 6.17. The predicted molar refractivity (Wildman–Crippen MR) is 132 cm³/mol. The zero-order valence-electron chi connectivity index (χ0n) is 21.6. The summed E-state index contributed by atoms with van der Waals surface area (Å²) in [6.45, 7) is 14.4. The van der Waals surface area contributed by atoms with Crippen molar-refractivity contribution in [3.05, 3.63) is 41.2 Å². The highest BCUT2D eigenvalue weighted by Gasteiger charge is 2.35. The maximum absolute atomic E-state index is 12.2. The summed E-state index contributed by atoms with van der Waals surface area (Å²) in [4.78, 5) is 19.0. The highest BCUT2D eigenvalue weighted by Crippen LogP contribution is 2.29. The van der Waals surface area contributed by atoms with Gasteiger partial charge in [-0.2, -0.15) is 4.98 Å². The van der Waals surface area contributed by atoms with E-state index in [9.17, 15) is 4.79 Å². The summed E-state index contributed by atoms with van der Waals surface area (Å²) in [7, 11) is 0. The average molecular weight is 481 g/mol. The molecule has 35 heavy (non-hydrogen) atoms. The first kappa shape index (κ1) is 25.1. The topological polar surface area (TPSA) is 94.5 Å². The molecule has 8 heteroatoms. The number of nitrogens with zero attached hydrogens (tertiary/aromatic N) is 4. The molecule has 1 fully saturated rings. The fourth-order valence-corrected chi connectivity index (χ4v) is 4.24. The van der Waals surface area contributed by atoms with Crippen molar-refractivity contribution in [2.45, 2.75) is 73.0 Å². The Morgan fingerprint density at radius 3 is 2.49 bits per heavy atom. The van der Waals surface area contributed by atoms with E-state index in [0.29, 0.717) is 23.3 Å². The predicted octanol–water partition coefficient (Wildman–Crippen LogP) is 5.32. The van der Waals surface area contributed by atoms with Gasteiger partial charge in [0.2, 0.25) is 5.82 Å². The number of esters is 1. The van der Waals surface area contributed by atoms with E-state index in [2.05, 4.69) is 53.1 Å². The molecule has 0 unspecified atom stereocenters. The van der Waals surface area contributed by atoms with Crippen LogP contribution in [-0.2, 0) is 28.9 Å². The molecule has 2 aromatic heterocycles. The van der Waals surface area contributed by atoms with Gasteiger partial charge in [-0.1, -0.05) is 61.8 Å². The first-order chi connectivity index (χ1) is 16.6. The summed E-state index contributed by atoms with van der Waals surface area (Å²) < 4.78 is 16.7. The van der Waals surface area contributed by atoms with Gasteiger partial charge in [-0.05, 0) is 38.7 Å². The molecule has 1 aliphatic heterocycles. The van der Waals surface area contributed by atoms with Crippen LogP contribution in [0.3, 0.4) is 0 Å². The van der Waals surface area contributed by atoms with Crippen LogP contribution in [0, 0.1) is 11.8 Å². The van der Waals surface area contributed by atoms with Gasteiger partial charge in [0.15, 0.2) is 5.69 Å². The van der Waals surface area contributed by atoms with Crippen molar-refractivity contribution in [1.29, 1.82) is 0 Å². The molecule has 0 N–H and O–H groups in total. The second-order valence-electron chi connectivity index (χ2n) is 10.8. The Balaban J connectivity index is 1.38. The maximum atomic E-state index is 12.2. The summed E-state index contributed by atoms with van der Waals surface area (Å²) in [6, 6.07) is 8.11. The van der Waals surface area contributed by atoms with Crippen molar-refractivity contribution < 1.29 is 18.6 Å². The lowest BCUT2D eigenvalue weighted by Gasteiger charge is -2.38. The lowest BCUT2D eigenvalue weighted by Crippen LogP contribution is -2.51. The molecule has 3 aromatic rings. The van der Waals surface area contributed by atoms with Gasteiger partial charge >= 0.3 is 5.97 Å². The monoisotopic (exact) mass is 480 g/mol. The van der Waals surface area contributed by atoms with E-state index in [1.54, 1.807) is 0 Å². The first-order valence-electron chi connectivity index (χ1n) is 12.5. The van der Waals surface area contributed by atoms with E-state index in [0.717, 1.165) is 55.8 Å². The number of carbonyl (C=O) groups is 1. The molecule has 0 aliphatic carbocycles. The van der Waals surface area contributed by atoms with Crippen molar-refractivity contribution in [2.24, 2.45) is 11.8 Å². The van der Waals surface area contributed by atoms with Crippen LogP contribution in [0.2, 0.25) is 0 Å². The van der Waals surface area contributed by atoms with Gasteiger partial charge in [-0.15, -0.1) is 0 Å². The minimum Gasteiger partial charge on any atom is -0.460 e. The lowest BCUT2D eigenvalue weighted by molar-refractivity contribution is -0.166. The van der Waals surface area contributed by atoms with Crippen molar-refractivity contribution in [3.8, 4) is 23.0 Å². The third-order valence-corrected chi connectivity index (χ3v) is 5.91. The number of aromatic nitrogens is 3. The van der Waals surface area contributed by atoms with E-state index in [-0.39, 0.29) is 11.9 Å². The van der Waals surface area contributed by atoms with Gasteiger partial charge < -0.3 is 13.8 Å². The van der Waals surface area contributed by atoms with E-state index in [4.69, 9.17) is 13.8 Å². The van der Waals surface area contributed by atoms with Crippen LogP contribution in [0.15, 0.2) is 33.3 Å². The molecule has 0 saturated carbocycles. The summed E-state index contributed by atoms with van der Waals surface area (Å²) in [6.07, 6.45) is 2.68. The van der Waals surface area contributed by atoms with Gasteiger partial charge in [0.1, 0.15) is 11.4 Å². The first-order valence-corrected chi connectivity index (χ1v) is 12.5. The number of likely N-dealkylation sites (tertiary alicyclic amines) is 1. The van der Waals surface area contributed by atoms with Gasteiger partial charge in [-0.3, -0.25) is 9.69 Å². The quantitative estimate of drug-likeness (QED) is 0.380. The molecule has 1 aliphatic rings. The molecule has 0 radical (unpaired) electrons. The van der Waals surface area contributed by atoms with Crippen LogP contribution in [0.4, 0.5) is 0 Å². The van der Waals surface area contributed by atoms with Crippen LogP contribution in [0.1, 0.15) is 64.9 Å². The molecule has 8 nitrogen and oxygen atoms in total. The number of rotatable bonds is 9. The standard InChI is InChI=1S/C27H36N4O4/c1-7-8-21-22(13-17(2)3)34-29-23(21)25-28-24(30-35-25)19-11-9-18(10-12-19)14-31-15-20(16-31)26(32)33-27(4,5)6/h9-12,17,20H,7-8,13-16H2,1-6H3. The molecular formula is C27H36N4O4. The van der Waals surface area contributed by atoms with Crippen molar-refractivity contribution in [3.63, 3.8) is 0 Å². The summed E-state index contributed by atoms with van der Waals surface area (Å²) >= 11 is 0. The molecule has 188 valence electrons. The van der Waals surface area contributed by atoms with Crippen LogP contribution in [-0.4, -0.2) is 44.9 Å². The smallest absolute Gasteiger partial charge is 0.312 e. The summed E-state index contributed by atoms with van der Waals surface area (Å²) in [5, 5.41) is 8.44. The van der Waals surface area contributed by atoms with E-state index in [1.165, 1.54) is 5.56 Å². The number of ether oxygens (including phenoxy) is 1. The Kier molecular flexibility index (Phi) is 7.40. The fraction of sp³-hybridized carbons (Fsp3) is 0.556. The molecule has 3 heterocycles. The van der Waals surface area contributed by atoms with Crippen molar-refractivity contribution >= 4 is 5.97 Å². The Bertz CT molecular complexity index is 1130. The average Bonchev–Trinajstić information content (AvgIpc) is 3.37. The summed E-state index contributed by atoms with van der Waals surface area (Å²) in [5.41, 5.74) is 3.31. The van der Waals surface area contributed by atoms with Crippen LogP contribution < -0.4 is 0 Å². The normalized spacial score (nSPS) is 14.9. The number of benzene rings is 1. The zero-order valence-corrected chi connectivity index (χ0v) is 21.6. The van der Waals surface area contributed by atoms with Crippen LogP contribution in [0.5, 0.6) is 0 Å². The van der Waals surface area contributed by atoms with E-state index in [1.807, 2.05) is 32.9 Å². The molecular weight excluding hydrogens is 444 g/mol. The molecule has 0 atom stereocenters. The third-order valence-electron chi connectivity index (χ3n) is 5.91. The van der Waals surface area contributed by atoms with E-state index < -0.39 is 5.60 Å². The number of hydrogen-bond acceptors (Lipinski definition) is 8. The van der Waals surface area contributed by atoms with Crippen molar-refractivity contribution in [2.75, 3.05) is 13.1 Å². The lowest BCUT2D eigenvalue weighted by atomic mass is 9.98. The fourth-order valence-electron chi connectivity index (χ4n) is 4.24. The second kappa shape index (κ2) is 10.3. The van der Waals surface area contributed by atoms with Crippen molar-refractivity contribution in [1.82, 2.24) is 20.2 Å². The molecule has 0 bridgehead atoms. The highest BCUT2D eigenvalue weighted by molar-refractivity contribution is 5.74. The number of hydrogen-bond donors (Lipinski definition) is 0. The van der Waals surface area contributed by atoms with Gasteiger partial charge in [0.05, 0.1) is 5.92 Å². The molecule has 0 spiro atoms. The Morgan fingerprint density at radius 2 is 1.86 bits per heavy atom. The second-order valence-corrected chi connectivity index (χ2v) is 10.8. The van der Waals surface area contributed by atoms with Gasteiger partial charge in [-0.25, -0.2) is 0 Å². The highest BCUT2D eigenvalue weighted by atomic mass is 16.6. The molecule has 1 saturated heterocycles. The Labute approximate surface area is 207 Å². The van der Waals surface area contributed by atoms with Crippen LogP contribution >= 0.6 is 0 Å². The van der Waals surface area contributed by atoms with Gasteiger partial charge in [0, 0.05) is 37.2 Å². The zero-order chi connectivity index (χ0) is 25.2. The number of carbonyl (C=O) groups excluding carboxylic acids is 1. The molecule has 1 aromatic carbocycles. The Morgan fingerprint density at radius 1 is 1.14 bits per heavy atom. The summed E-state index contributed by atoms with van der Waals surface area (Å²) in [5.74, 6) is 2.14. The van der Waals surface area contributed by atoms with Gasteiger partial charge in [0.25, 0.3) is 5.89 Å². The Hall–Kier alpha value is -3.00. The molecule has 4 rings (SSSR count).